The molecule has 0 aliphatic heterocycles. The van der Waals surface area contributed by atoms with Crippen molar-refractivity contribution in [2.75, 3.05) is 7.11 Å². The number of benzene rings is 2. The van der Waals surface area contributed by atoms with Crippen LogP contribution in [0.25, 0.3) is 0 Å². The van der Waals surface area contributed by atoms with E-state index in [-0.39, 0.29) is 23.2 Å². The topological polar surface area (TPSA) is 35.5 Å². The Labute approximate surface area is 176 Å². The minimum atomic E-state index is -1.92. The van der Waals surface area contributed by atoms with Gasteiger partial charge in [0, 0.05) is 6.42 Å². The van der Waals surface area contributed by atoms with Gasteiger partial charge in [0.1, 0.15) is 0 Å². The Bertz CT molecular complexity index is 813. The molecule has 2 aromatic carbocycles. The SMILES string of the molecule is COC(=O)[C@@H]1CC(O[SiH](c2ccccc2)c2ccccc2)=C(C)[C@H](C(C)(C)C)C1. The van der Waals surface area contributed by atoms with Crippen LogP contribution >= 0.6 is 0 Å². The van der Waals surface area contributed by atoms with Crippen LogP contribution in [0.5, 0.6) is 0 Å². The molecule has 1 aliphatic carbocycles. The number of methoxy groups -OCH3 is 1. The van der Waals surface area contributed by atoms with Gasteiger partial charge in [-0.05, 0) is 40.6 Å². The van der Waals surface area contributed by atoms with Gasteiger partial charge >= 0.3 is 5.97 Å². The Morgan fingerprint density at radius 1 is 0.966 bits per heavy atom. The van der Waals surface area contributed by atoms with Crippen LogP contribution in [-0.2, 0) is 14.0 Å². The Kier molecular flexibility index (Phi) is 6.63. The molecule has 0 saturated heterocycles. The number of carbonyl (C=O) groups excluding carboxylic acids is 1. The van der Waals surface area contributed by atoms with Crippen molar-refractivity contribution in [1.29, 1.82) is 0 Å². The molecule has 0 heterocycles. The number of hydrogen-bond acceptors (Lipinski definition) is 3. The zero-order valence-electron chi connectivity index (χ0n) is 18.1. The lowest BCUT2D eigenvalue weighted by atomic mass is 9.68. The summed E-state index contributed by atoms with van der Waals surface area (Å²) in [6.45, 7) is 8.89. The molecule has 0 radical (unpaired) electrons. The van der Waals surface area contributed by atoms with Crippen LogP contribution in [0, 0.1) is 17.3 Å². The second-order valence-electron chi connectivity index (χ2n) is 9.00. The van der Waals surface area contributed by atoms with Crippen molar-refractivity contribution in [1.82, 2.24) is 0 Å². The van der Waals surface area contributed by atoms with Crippen molar-refractivity contribution < 1.29 is 14.0 Å². The summed E-state index contributed by atoms with van der Waals surface area (Å²) in [7, 11) is -0.443. The van der Waals surface area contributed by atoms with Gasteiger partial charge < -0.3 is 9.16 Å². The summed E-state index contributed by atoms with van der Waals surface area (Å²) in [6, 6.07) is 21.0. The average Bonchev–Trinajstić information content (AvgIpc) is 2.72. The van der Waals surface area contributed by atoms with Gasteiger partial charge in [0.25, 0.3) is 9.04 Å². The maximum Gasteiger partial charge on any atom is 0.309 e. The fourth-order valence-electron chi connectivity index (χ4n) is 4.34. The van der Waals surface area contributed by atoms with E-state index >= 15 is 0 Å². The lowest BCUT2D eigenvalue weighted by Gasteiger charge is -2.39. The molecule has 0 amide bonds. The van der Waals surface area contributed by atoms with Gasteiger partial charge in [-0.1, -0.05) is 81.4 Å². The fraction of sp³-hybridized carbons (Fsp3) is 0.400. The second-order valence-corrected chi connectivity index (χ2v) is 11.3. The zero-order valence-corrected chi connectivity index (χ0v) is 19.3. The smallest absolute Gasteiger partial charge is 0.309 e. The largest absolute Gasteiger partial charge is 0.541 e. The summed E-state index contributed by atoms with van der Waals surface area (Å²) < 4.78 is 11.9. The van der Waals surface area contributed by atoms with E-state index in [9.17, 15) is 4.79 Å². The molecular formula is C25H32O3Si. The molecule has 29 heavy (non-hydrogen) atoms. The number of hydrogen-bond donors (Lipinski definition) is 0. The highest BCUT2D eigenvalue weighted by Crippen LogP contribution is 2.44. The van der Waals surface area contributed by atoms with E-state index in [4.69, 9.17) is 9.16 Å². The number of allylic oxidation sites excluding steroid dienone is 2. The molecule has 0 spiro atoms. The Morgan fingerprint density at radius 3 is 1.93 bits per heavy atom. The maximum absolute atomic E-state index is 12.4. The molecule has 3 rings (SSSR count). The van der Waals surface area contributed by atoms with Crippen LogP contribution < -0.4 is 10.4 Å². The van der Waals surface area contributed by atoms with Crippen LogP contribution in [0.15, 0.2) is 72.0 Å². The first-order valence-corrected chi connectivity index (χ1v) is 12.0. The van der Waals surface area contributed by atoms with Crippen LogP contribution in [0.3, 0.4) is 0 Å². The highest BCUT2D eigenvalue weighted by atomic mass is 28.3. The standard InChI is InChI=1S/C25H32O3Si/c1-18-22(25(2,3)4)16-19(24(26)27-5)17-23(18)28-29(20-12-8-6-9-13-20)21-14-10-7-11-15-21/h6-15,19,22,29H,16-17H2,1-5H3/t19-,22+/m0/s1. The summed E-state index contributed by atoms with van der Waals surface area (Å²) in [4.78, 5) is 12.4. The summed E-state index contributed by atoms with van der Waals surface area (Å²) in [5, 5.41) is 2.48. The van der Waals surface area contributed by atoms with Crippen LogP contribution in [0.2, 0.25) is 0 Å². The van der Waals surface area contributed by atoms with Crippen molar-refractivity contribution in [2.45, 2.75) is 40.5 Å². The van der Waals surface area contributed by atoms with Gasteiger partial charge in [0.2, 0.25) is 0 Å². The highest BCUT2D eigenvalue weighted by Gasteiger charge is 2.39. The zero-order chi connectivity index (χ0) is 21.0. The second kappa shape index (κ2) is 9.00. The van der Waals surface area contributed by atoms with Gasteiger partial charge in [-0.3, -0.25) is 4.79 Å². The molecule has 0 N–H and O–H groups in total. The van der Waals surface area contributed by atoms with Gasteiger partial charge in [0.15, 0.2) is 0 Å². The minimum Gasteiger partial charge on any atom is -0.541 e. The molecule has 0 bridgehead atoms. The molecule has 3 nitrogen and oxygen atoms in total. The highest BCUT2D eigenvalue weighted by molar-refractivity contribution is 6.80. The number of ether oxygens (including phenoxy) is 1. The van der Waals surface area contributed by atoms with E-state index in [1.807, 2.05) is 12.1 Å². The molecule has 2 aromatic rings. The average molecular weight is 409 g/mol. The van der Waals surface area contributed by atoms with Crippen LogP contribution in [-0.4, -0.2) is 22.1 Å². The summed E-state index contributed by atoms with van der Waals surface area (Å²) in [5.74, 6) is 0.988. The summed E-state index contributed by atoms with van der Waals surface area (Å²) in [6.07, 6.45) is 1.44. The first-order chi connectivity index (χ1) is 13.8. The molecule has 2 atom stereocenters. The predicted molar refractivity (Wildman–Crippen MR) is 121 cm³/mol. The molecule has 1 aliphatic rings. The Hall–Kier alpha value is -2.33. The van der Waals surface area contributed by atoms with E-state index in [0.29, 0.717) is 6.42 Å². The quantitative estimate of drug-likeness (QED) is 0.553. The Balaban J connectivity index is 2.01. The van der Waals surface area contributed by atoms with Crippen molar-refractivity contribution in [2.24, 2.45) is 17.3 Å². The minimum absolute atomic E-state index is 0.0575. The van der Waals surface area contributed by atoms with E-state index in [1.54, 1.807) is 0 Å². The van der Waals surface area contributed by atoms with Crippen LogP contribution in [0.1, 0.15) is 40.5 Å². The third-order valence-electron chi connectivity index (χ3n) is 5.96. The van der Waals surface area contributed by atoms with E-state index in [0.717, 1.165) is 12.2 Å². The first kappa shape index (κ1) is 21.4. The van der Waals surface area contributed by atoms with Gasteiger partial charge in [-0.2, -0.15) is 0 Å². The molecule has 0 unspecified atom stereocenters. The van der Waals surface area contributed by atoms with Crippen molar-refractivity contribution in [3.05, 3.63) is 72.0 Å². The summed E-state index contributed by atoms with van der Waals surface area (Å²) >= 11 is 0. The van der Waals surface area contributed by atoms with Gasteiger partial charge in [-0.25, -0.2) is 0 Å². The monoisotopic (exact) mass is 408 g/mol. The van der Waals surface area contributed by atoms with E-state index < -0.39 is 9.04 Å². The Morgan fingerprint density at radius 2 is 1.48 bits per heavy atom. The first-order valence-electron chi connectivity index (χ1n) is 10.3. The predicted octanol–water partition coefficient (Wildman–Crippen LogP) is 4.06. The van der Waals surface area contributed by atoms with Crippen LogP contribution in [0.4, 0.5) is 0 Å². The maximum atomic E-state index is 12.4. The van der Waals surface area contributed by atoms with Gasteiger partial charge in [0.05, 0.1) is 18.8 Å². The fourth-order valence-corrected chi connectivity index (χ4v) is 6.71. The normalized spacial score (nSPS) is 19.9. The molecule has 0 aromatic heterocycles. The van der Waals surface area contributed by atoms with Gasteiger partial charge in [-0.15, -0.1) is 0 Å². The molecule has 154 valence electrons. The third-order valence-corrected chi connectivity index (χ3v) is 8.46. The molecule has 4 heteroatoms. The van der Waals surface area contributed by atoms with E-state index in [1.165, 1.54) is 23.1 Å². The lowest BCUT2D eigenvalue weighted by Crippen LogP contribution is -2.46. The summed E-state index contributed by atoms with van der Waals surface area (Å²) in [5.41, 5.74) is 1.34. The molecule has 0 saturated carbocycles. The number of rotatable bonds is 5. The van der Waals surface area contributed by atoms with Crippen molar-refractivity contribution in [3.63, 3.8) is 0 Å². The third kappa shape index (κ3) is 4.99. The number of carbonyl (C=O) groups is 1. The van der Waals surface area contributed by atoms with Crippen molar-refractivity contribution >= 4 is 25.4 Å². The molecule has 0 fully saturated rings. The number of esters is 1. The lowest BCUT2D eigenvalue weighted by molar-refractivity contribution is -0.146. The molecular weight excluding hydrogens is 376 g/mol. The van der Waals surface area contributed by atoms with Crippen molar-refractivity contribution in [3.8, 4) is 0 Å². The van der Waals surface area contributed by atoms with E-state index in [2.05, 4.69) is 76.2 Å².